The van der Waals surface area contributed by atoms with Crippen LogP contribution in [0.25, 0.3) is 6.08 Å². The summed E-state index contributed by atoms with van der Waals surface area (Å²) in [7, 11) is 0. The first-order valence-corrected chi connectivity index (χ1v) is 6.67. The average molecular weight is 330 g/mol. The Balaban J connectivity index is 2.02. The molecular weight excluding hydrogens is 322 g/mol. The molecule has 24 heavy (non-hydrogen) atoms. The lowest BCUT2D eigenvalue weighted by Gasteiger charge is -2.00. The molecule has 0 atom stereocenters. The van der Waals surface area contributed by atoms with Crippen molar-refractivity contribution >= 4 is 23.6 Å². The maximum absolute atomic E-state index is 13.7. The zero-order valence-corrected chi connectivity index (χ0v) is 11.9. The molecular formula is C16H8F2N2O4. The monoisotopic (exact) mass is 330 g/mol. The Morgan fingerprint density at radius 2 is 1.92 bits per heavy atom. The van der Waals surface area contributed by atoms with Crippen LogP contribution in [0.3, 0.4) is 0 Å². The van der Waals surface area contributed by atoms with Crippen LogP contribution in [-0.4, -0.2) is 16.8 Å². The summed E-state index contributed by atoms with van der Waals surface area (Å²) in [6.45, 7) is 0. The van der Waals surface area contributed by atoms with Gasteiger partial charge in [-0.25, -0.2) is 18.6 Å². The number of nitrogens with zero attached hydrogens (tertiary/aromatic N) is 2. The van der Waals surface area contributed by atoms with Gasteiger partial charge in [-0.2, -0.15) is 0 Å². The second-order valence-corrected chi connectivity index (χ2v) is 4.78. The lowest BCUT2D eigenvalue weighted by Crippen LogP contribution is -2.07. The number of cyclic esters (lactones) is 1. The number of para-hydroxylation sites is 1. The third-order valence-electron chi connectivity index (χ3n) is 3.21. The van der Waals surface area contributed by atoms with Crippen molar-refractivity contribution in [3.8, 4) is 0 Å². The smallest absolute Gasteiger partial charge is 0.363 e. The fourth-order valence-electron chi connectivity index (χ4n) is 2.11. The first-order valence-electron chi connectivity index (χ1n) is 6.67. The van der Waals surface area contributed by atoms with E-state index in [4.69, 9.17) is 4.74 Å². The summed E-state index contributed by atoms with van der Waals surface area (Å²) in [4.78, 5) is 26.1. The minimum Gasteiger partial charge on any atom is -0.402 e. The minimum atomic E-state index is -0.937. The molecule has 120 valence electrons. The van der Waals surface area contributed by atoms with Gasteiger partial charge in [0.2, 0.25) is 5.90 Å². The minimum absolute atomic E-state index is 0.152. The third-order valence-corrected chi connectivity index (χ3v) is 3.21. The molecule has 0 unspecified atom stereocenters. The molecule has 1 aliphatic heterocycles. The van der Waals surface area contributed by atoms with Crippen LogP contribution in [0, 0.1) is 21.7 Å². The fourth-order valence-corrected chi connectivity index (χ4v) is 2.11. The Kier molecular flexibility index (Phi) is 3.87. The molecule has 6 nitrogen and oxygen atoms in total. The highest BCUT2D eigenvalue weighted by atomic mass is 19.1. The molecule has 0 N–H and O–H groups in total. The lowest BCUT2D eigenvalue weighted by molar-refractivity contribution is -0.385. The van der Waals surface area contributed by atoms with E-state index in [1.54, 1.807) is 6.07 Å². The van der Waals surface area contributed by atoms with Gasteiger partial charge in [0.05, 0.1) is 16.1 Å². The Morgan fingerprint density at radius 3 is 2.62 bits per heavy atom. The van der Waals surface area contributed by atoms with Gasteiger partial charge in [-0.15, -0.1) is 0 Å². The molecule has 0 bridgehead atoms. The molecule has 1 aliphatic rings. The van der Waals surface area contributed by atoms with Crippen molar-refractivity contribution in [2.24, 2.45) is 4.99 Å². The number of aliphatic imine (C=N–C) groups is 1. The third kappa shape index (κ3) is 2.89. The van der Waals surface area contributed by atoms with Crippen LogP contribution in [-0.2, 0) is 9.53 Å². The van der Waals surface area contributed by atoms with Crippen molar-refractivity contribution in [2.45, 2.75) is 0 Å². The Morgan fingerprint density at radius 1 is 1.17 bits per heavy atom. The standard InChI is InChI=1S/C16H8F2N2O4/c17-10-5-6-11(12(18)8-10)15-19-13(16(21)24-15)7-9-3-1-2-4-14(9)20(22)23/h1-8H/b13-7-. The highest BCUT2D eigenvalue weighted by Gasteiger charge is 2.27. The van der Waals surface area contributed by atoms with Crippen molar-refractivity contribution in [1.29, 1.82) is 0 Å². The largest absolute Gasteiger partial charge is 0.402 e. The predicted molar refractivity (Wildman–Crippen MR) is 80.1 cm³/mol. The van der Waals surface area contributed by atoms with Gasteiger partial charge in [-0.1, -0.05) is 12.1 Å². The molecule has 0 aromatic heterocycles. The first kappa shape index (κ1) is 15.5. The Bertz CT molecular complexity index is 922. The van der Waals surface area contributed by atoms with Crippen LogP contribution < -0.4 is 0 Å². The van der Waals surface area contributed by atoms with Gasteiger partial charge in [-0.05, 0) is 24.3 Å². The molecule has 0 saturated carbocycles. The summed E-state index contributed by atoms with van der Waals surface area (Å²) in [5, 5.41) is 11.0. The molecule has 0 saturated heterocycles. The molecule has 2 aromatic rings. The first-order chi connectivity index (χ1) is 11.5. The van der Waals surface area contributed by atoms with E-state index in [9.17, 15) is 23.7 Å². The lowest BCUT2D eigenvalue weighted by atomic mass is 10.1. The van der Waals surface area contributed by atoms with Crippen molar-refractivity contribution in [3.05, 3.63) is 81.0 Å². The normalized spacial score (nSPS) is 15.3. The second-order valence-electron chi connectivity index (χ2n) is 4.78. The van der Waals surface area contributed by atoms with Crippen LogP contribution in [0.15, 0.2) is 53.2 Å². The maximum Gasteiger partial charge on any atom is 0.363 e. The number of nitro groups is 1. The van der Waals surface area contributed by atoms with Crippen molar-refractivity contribution in [2.75, 3.05) is 0 Å². The van der Waals surface area contributed by atoms with E-state index < -0.39 is 22.5 Å². The quantitative estimate of drug-likeness (QED) is 0.374. The number of nitro benzene ring substituents is 1. The van der Waals surface area contributed by atoms with Crippen LogP contribution in [0.1, 0.15) is 11.1 Å². The maximum atomic E-state index is 13.7. The molecule has 1 heterocycles. The molecule has 0 fully saturated rings. The predicted octanol–water partition coefficient (Wildman–Crippen LogP) is 3.22. The molecule has 3 rings (SSSR count). The number of benzene rings is 2. The summed E-state index contributed by atoms with van der Waals surface area (Å²) in [6.07, 6.45) is 1.18. The van der Waals surface area contributed by atoms with E-state index >= 15 is 0 Å². The van der Waals surface area contributed by atoms with Gasteiger partial charge in [0.15, 0.2) is 5.70 Å². The fraction of sp³-hybridized carbons (Fsp3) is 0. The molecule has 2 aromatic carbocycles. The van der Waals surface area contributed by atoms with E-state index in [-0.39, 0.29) is 28.4 Å². The van der Waals surface area contributed by atoms with E-state index in [0.29, 0.717) is 6.07 Å². The Hall–Kier alpha value is -3.42. The number of carbonyl (C=O) groups excluding carboxylic acids is 1. The van der Waals surface area contributed by atoms with Crippen LogP contribution >= 0.6 is 0 Å². The van der Waals surface area contributed by atoms with E-state index in [1.165, 1.54) is 24.3 Å². The number of hydrogen-bond acceptors (Lipinski definition) is 5. The van der Waals surface area contributed by atoms with Gasteiger partial charge in [-0.3, -0.25) is 10.1 Å². The van der Waals surface area contributed by atoms with E-state index in [0.717, 1.165) is 12.1 Å². The summed E-state index contributed by atoms with van der Waals surface area (Å²) < 4.78 is 31.5. The van der Waals surface area contributed by atoms with Gasteiger partial charge >= 0.3 is 5.97 Å². The second kappa shape index (κ2) is 5.99. The van der Waals surface area contributed by atoms with Gasteiger partial charge in [0.25, 0.3) is 5.69 Å². The number of ether oxygens (including phenoxy) is 1. The zero-order chi connectivity index (χ0) is 17.3. The van der Waals surface area contributed by atoms with Gasteiger partial charge < -0.3 is 4.74 Å². The Labute approximate surface area is 133 Å². The highest BCUT2D eigenvalue weighted by molar-refractivity contribution is 6.13. The van der Waals surface area contributed by atoms with Gasteiger partial charge in [0.1, 0.15) is 11.6 Å². The van der Waals surface area contributed by atoms with Gasteiger partial charge in [0, 0.05) is 12.1 Å². The zero-order valence-electron chi connectivity index (χ0n) is 11.9. The van der Waals surface area contributed by atoms with Crippen LogP contribution in [0.4, 0.5) is 14.5 Å². The van der Waals surface area contributed by atoms with E-state index in [1.807, 2.05) is 0 Å². The summed E-state index contributed by atoms with van der Waals surface area (Å²) >= 11 is 0. The molecule has 0 spiro atoms. The number of carbonyl (C=O) groups is 1. The molecule has 0 radical (unpaired) electrons. The molecule has 0 amide bonds. The highest BCUT2D eigenvalue weighted by Crippen LogP contribution is 2.25. The molecule has 0 aliphatic carbocycles. The SMILES string of the molecule is O=C1OC(c2ccc(F)cc2F)=N/C1=C\c1ccccc1[N+](=O)[O-]. The topological polar surface area (TPSA) is 81.8 Å². The van der Waals surface area contributed by atoms with Crippen molar-refractivity contribution in [3.63, 3.8) is 0 Å². The van der Waals surface area contributed by atoms with Crippen molar-refractivity contribution < 1.29 is 23.2 Å². The van der Waals surface area contributed by atoms with Crippen molar-refractivity contribution in [1.82, 2.24) is 0 Å². The van der Waals surface area contributed by atoms with E-state index in [2.05, 4.69) is 4.99 Å². The number of rotatable bonds is 3. The molecule has 8 heteroatoms. The average Bonchev–Trinajstić information content (AvgIpc) is 2.88. The van der Waals surface area contributed by atoms with Crippen LogP contribution in [0.5, 0.6) is 0 Å². The number of esters is 1. The number of hydrogen-bond donors (Lipinski definition) is 0. The summed E-state index contributed by atoms with van der Waals surface area (Å²) in [6, 6.07) is 8.47. The number of halogens is 2. The van der Waals surface area contributed by atoms with Crippen LogP contribution in [0.2, 0.25) is 0 Å². The summed E-state index contributed by atoms with van der Waals surface area (Å²) in [5.41, 5.74) is -0.466. The summed E-state index contributed by atoms with van der Waals surface area (Å²) in [5.74, 6) is -2.93.